The summed E-state index contributed by atoms with van der Waals surface area (Å²) in [6.45, 7) is 21.5. The molecule has 116 valence electrons. The number of unbranched alkanes of at least 4 members (excludes halogenated alkanes) is 4. The van der Waals surface area contributed by atoms with Crippen molar-refractivity contribution in [2.45, 2.75) is 66.2 Å². The molecule has 0 aromatic heterocycles. The second kappa shape index (κ2) is 8.22. The van der Waals surface area contributed by atoms with Crippen LogP contribution in [0.1, 0.15) is 66.2 Å². The quantitative estimate of drug-likeness (QED) is 0.335. The summed E-state index contributed by atoms with van der Waals surface area (Å²) in [5.74, 6) is 0.293. The Balaban J connectivity index is 2.77. The maximum absolute atomic E-state index is 4.35. The Hall–Kier alpha value is -1.30. The van der Waals surface area contributed by atoms with Gasteiger partial charge in [-0.25, -0.2) is 0 Å². The fourth-order valence-corrected chi connectivity index (χ4v) is 3.44. The minimum absolute atomic E-state index is 0.293. The van der Waals surface area contributed by atoms with Crippen LogP contribution in [0.5, 0.6) is 0 Å². The van der Waals surface area contributed by atoms with Crippen molar-refractivity contribution >= 4 is 0 Å². The van der Waals surface area contributed by atoms with E-state index in [4.69, 9.17) is 0 Å². The van der Waals surface area contributed by atoms with Gasteiger partial charge in [-0.1, -0.05) is 64.0 Å². The van der Waals surface area contributed by atoms with Gasteiger partial charge in [0, 0.05) is 5.92 Å². The molecule has 0 heteroatoms. The van der Waals surface area contributed by atoms with Gasteiger partial charge in [0.1, 0.15) is 0 Å². The van der Waals surface area contributed by atoms with Crippen LogP contribution in [0.2, 0.25) is 0 Å². The Kier molecular flexibility index (Phi) is 6.95. The molecule has 1 unspecified atom stereocenters. The first-order valence-corrected chi connectivity index (χ1v) is 8.35. The van der Waals surface area contributed by atoms with Crippen LogP contribution in [-0.4, -0.2) is 0 Å². The molecule has 21 heavy (non-hydrogen) atoms. The van der Waals surface area contributed by atoms with Crippen molar-refractivity contribution in [1.29, 1.82) is 0 Å². The Morgan fingerprint density at radius 2 is 1.76 bits per heavy atom. The minimum atomic E-state index is 0.293. The van der Waals surface area contributed by atoms with Crippen LogP contribution < -0.4 is 0 Å². The van der Waals surface area contributed by atoms with E-state index in [0.29, 0.717) is 5.92 Å². The molecule has 0 N–H and O–H groups in total. The lowest BCUT2D eigenvalue weighted by molar-refractivity contribution is 0.632. The van der Waals surface area contributed by atoms with E-state index >= 15 is 0 Å². The summed E-state index contributed by atoms with van der Waals surface area (Å²) in [5.41, 5.74) is 7.68. The molecule has 1 aliphatic rings. The molecule has 0 saturated heterocycles. The molecule has 1 rings (SSSR count). The highest BCUT2D eigenvalue weighted by atomic mass is 14.3. The highest BCUT2D eigenvalue weighted by molar-refractivity contribution is 5.65. The number of hydrogen-bond acceptors (Lipinski definition) is 0. The molecule has 0 bridgehead atoms. The molecule has 1 atom stereocenters. The SMILES string of the molecule is C=C(CCCCCCC)C1=C(C)/C(=C/C)C(C(=C)C)C1=C. The summed E-state index contributed by atoms with van der Waals surface area (Å²) in [5, 5.41) is 0. The molecular formula is C21H32. The fourth-order valence-electron chi connectivity index (χ4n) is 3.44. The predicted molar refractivity (Wildman–Crippen MR) is 96.4 cm³/mol. The maximum Gasteiger partial charge on any atom is 0.0293 e. The van der Waals surface area contributed by atoms with Crippen LogP contribution >= 0.6 is 0 Å². The molecule has 0 saturated carbocycles. The number of allylic oxidation sites excluding steroid dienone is 7. The van der Waals surface area contributed by atoms with Gasteiger partial charge in [-0.2, -0.15) is 0 Å². The summed E-state index contributed by atoms with van der Waals surface area (Å²) >= 11 is 0. The topological polar surface area (TPSA) is 0 Å². The van der Waals surface area contributed by atoms with Gasteiger partial charge in [0.2, 0.25) is 0 Å². The summed E-state index contributed by atoms with van der Waals surface area (Å²) in [6, 6.07) is 0. The zero-order chi connectivity index (χ0) is 16.0. The minimum Gasteiger partial charge on any atom is -0.0992 e. The Morgan fingerprint density at radius 3 is 2.24 bits per heavy atom. The zero-order valence-electron chi connectivity index (χ0n) is 14.5. The lowest BCUT2D eigenvalue weighted by Gasteiger charge is -2.16. The summed E-state index contributed by atoms with van der Waals surface area (Å²) in [4.78, 5) is 0. The summed E-state index contributed by atoms with van der Waals surface area (Å²) in [6.07, 6.45) is 9.85. The van der Waals surface area contributed by atoms with E-state index in [9.17, 15) is 0 Å². The van der Waals surface area contributed by atoms with E-state index in [1.54, 1.807) is 0 Å². The van der Waals surface area contributed by atoms with Crippen molar-refractivity contribution in [3.63, 3.8) is 0 Å². The maximum atomic E-state index is 4.35. The van der Waals surface area contributed by atoms with E-state index in [1.165, 1.54) is 65.5 Å². The number of rotatable bonds is 8. The molecule has 0 aliphatic heterocycles. The Labute approximate surface area is 132 Å². The Morgan fingerprint density at radius 1 is 1.14 bits per heavy atom. The fraction of sp³-hybridized carbons (Fsp3) is 0.524. The monoisotopic (exact) mass is 284 g/mol. The van der Waals surface area contributed by atoms with Gasteiger partial charge >= 0.3 is 0 Å². The second-order valence-electron chi connectivity index (χ2n) is 6.32. The summed E-state index contributed by atoms with van der Waals surface area (Å²) in [7, 11) is 0. The van der Waals surface area contributed by atoms with Gasteiger partial charge in [-0.15, -0.1) is 0 Å². The van der Waals surface area contributed by atoms with Crippen molar-refractivity contribution in [1.82, 2.24) is 0 Å². The smallest absolute Gasteiger partial charge is 0.0293 e. The van der Waals surface area contributed by atoms with Gasteiger partial charge in [0.25, 0.3) is 0 Å². The highest BCUT2D eigenvalue weighted by Crippen LogP contribution is 2.46. The van der Waals surface area contributed by atoms with Crippen LogP contribution in [0.3, 0.4) is 0 Å². The molecular weight excluding hydrogens is 252 g/mol. The second-order valence-corrected chi connectivity index (χ2v) is 6.32. The van der Waals surface area contributed by atoms with Gasteiger partial charge in [0.15, 0.2) is 0 Å². The van der Waals surface area contributed by atoms with Crippen LogP contribution in [0.25, 0.3) is 0 Å². The molecule has 0 nitrogen and oxygen atoms in total. The van der Waals surface area contributed by atoms with Crippen LogP contribution in [-0.2, 0) is 0 Å². The van der Waals surface area contributed by atoms with Gasteiger partial charge in [-0.05, 0) is 61.5 Å². The molecule has 0 spiro atoms. The Bertz CT molecular complexity index is 482. The van der Waals surface area contributed by atoms with Crippen molar-refractivity contribution < 1.29 is 0 Å². The third-order valence-electron chi connectivity index (χ3n) is 4.53. The zero-order valence-corrected chi connectivity index (χ0v) is 14.5. The van der Waals surface area contributed by atoms with Gasteiger partial charge in [-0.3, -0.25) is 0 Å². The molecule has 1 aliphatic carbocycles. The first kappa shape index (κ1) is 17.8. The van der Waals surface area contributed by atoms with Crippen LogP contribution in [0.4, 0.5) is 0 Å². The standard InChI is InChI=1S/C21H32/c1-8-10-11-12-13-14-16(5)21-17(6)19(9-2)20(15(3)4)18(21)7/h9,20H,3,5,7-8,10-14H2,1-2,4,6H3/b19-9-. The van der Waals surface area contributed by atoms with Crippen molar-refractivity contribution in [2.24, 2.45) is 5.92 Å². The average molecular weight is 284 g/mol. The normalized spacial score (nSPS) is 20.5. The van der Waals surface area contributed by atoms with E-state index in [1.807, 2.05) is 0 Å². The first-order chi connectivity index (χ1) is 9.95. The largest absolute Gasteiger partial charge is 0.0992 e. The van der Waals surface area contributed by atoms with E-state index < -0.39 is 0 Å². The van der Waals surface area contributed by atoms with E-state index in [-0.39, 0.29) is 0 Å². The number of hydrogen-bond donors (Lipinski definition) is 0. The first-order valence-electron chi connectivity index (χ1n) is 8.35. The molecule has 0 amide bonds. The molecule has 0 aromatic rings. The van der Waals surface area contributed by atoms with Crippen molar-refractivity contribution in [3.8, 4) is 0 Å². The van der Waals surface area contributed by atoms with Crippen LogP contribution in [0.15, 0.2) is 59.3 Å². The third-order valence-corrected chi connectivity index (χ3v) is 4.53. The van der Waals surface area contributed by atoms with Crippen molar-refractivity contribution in [2.75, 3.05) is 0 Å². The third kappa shape index (κ3) is 4.09. The summed E-state index contributed by atoms with van der Waals surface area (Å²) < 4.78 is 0. The predicted octanol–water partition coefficient (Wildman–Crippen LogP) is 6.93. The lowest BCUT2D eigenvalue weighted by Crippen LogP contribution is -2.03. The van der Waals surface area contributed by atoms with Crippen molar-refractivity contribution in [3.05, 3.63) is 59.3 Å². The molecule has 0 radical (unpaired) electrons. The highest BCUT2D eigenvalue weighted by Gasteiger charge is 2.31. The van der Waals surface area contributed by atoms with E-state index in [2.05, 4.69) is 53.5 Å². The van der Waals surface area contributed by atoms with Gasteiger partial charge in [0.05, 0.1) is 0 Å². The molecule has 0 heterocycles. The van der Waals surface area contributed by atoms with E-state index in [0.717, 1.165) is 6.42 Å². The molecule has 0 aromatic carbocycles. The molecule has 0 fully saturated rings. The average Bonchev–Trinajstić information content (AvgIpc) is 2.69. The van der Waals surface area contributed by atoms with Gasteiger partial charge < -0.3 is 0 Å². The lowest BCUT2D eigenvalue weighted by atomic mass is 9.88. The van der Waals surface area contributed by atoms with Crippen LogP contribution in [0, 0.1) is 5.92 Å².